The van der Waals surface area contributed by atoms with Gasteiger partial charge in [0.15, 0.2) is 6.39 Å². The molecule has 0 saturated carbocycles. The van der Waals surface area contributed by atoms with Crippen molar-refractivity contribution < 1.29 is 8.83 Å². The summed E-state index contributed by atoms with van der Waals surface area (Å²) in [6.07, 6.45) is 21.1. The molecule has 0 N–H and O–H groups in total. The predicted molar refractivity (Wildman–Crippen MR) is 425 cm³/mol. The number of furan rings is 1. The molecule has 1 aromatic carbocycles. The molecule has 0 amide bonds. The van der Waals surface area contributed by atoms with Crippen molar-refractivity contribution in [3.8, 4) is 0 Å². The number of thiophene rings is 1. The van der Waals surface area contributed by atoms with Crippen LogP contribution in [0.1, 0.15) is 282 Å². The van der Waals surface area contributed by atoms with Crippen molar-refractivity contribution >= 4 is 22.7 Å². The van der Waals surface area contributed by atoms with Crippen LogP contribution in [0.2, 0.25) is 0 Å². The smallest absolute Gasteiger partial charge is 0.180 e. The first-order chi connectivity index (χ1) is 43.4. The van der Waals surface area contributed by atoms with Crippen LogP contribution >= 0.6 is 22.7 Å². The Labute approximate surface area is 579 Å². The number of rotatable bonds is 1. The standard InChI is InChI=1S/C9H12.C5H5N.2C4H4N2.C4H4O.C4H4S.7C4H10.C3H3NO.C3H3NS.8C2H6/c1-8(2)9-6-4-3-5-7-9;1-2-4-6-5-3-1;1-2-5-4-6-3-1;1-2-4-6-5-3-1;2*1-2-4-5-3-1;7*1-4(2)3;2*1-2-5-3-4-1;8*1-2/h3-8H,1-2H3;1-5H;2*1-4H;2*1-4H;7*4H,1-3H3;2*1-3H;8*1-2H3. The molecule has 9 nitrogen and oxygen atoms in total. The lowest BCUT2D eigenvalue weighted by molar-refractivity contribution is 0.558. The van der Waals surface area contributed by atoms with Gasteiger partial charge in [-0.15, -0.1) is 11.3 Å². The molecule has 0 unspecified atom stereocenters. The molecule has 536 valence electrons. The van der Waals surface area contributed by atoms with Crippen molar-refractivity contribution in [1.82, 2.24) is 35.1 Å². The van der Waals surface area contributed by atoms with Crippen LogP contribution in [0.3, 0.4) is 0 Å². The third-order valence-electron chi connectivity index (χ3n) is 4.54. The van der Waals surface area contributed by atoms with Gasteiger partial charge in [-0.25, -0.2) is 15.0 Å². The minimum atomic E-state index is 0.659. The molecule has 8 aromatic rings. The van der Waals surface area contributed by atoms with Gasteiger partial charge in [0, 0.05) is 48.8 Å². The van der Waals surface area contributed by atoms with E-state index in [0.717, 1.165) is 41.4 Å². The highest BCUT2D eigenvalue weighted by atomic mass is 32.1. The van der Waals surface area contributed by atoms with Crippen LogP contribution in [-0.2, 0) is 0 Å². The number of oxazole rings is 1. The Morgan fingerprint density at radius 2 is 0.582 bits per heavy atom. The van der Waals surface area contributed by atoms with Gasteiger partial charge in [0.1, 0.15) is 12.6 Å². The fourth-order valence-electron chi connectivity index (χ4n) is 2.46. The zero-order valence-electron chi connectivity index (χ0n) is 67.4. The average molecular weight is 1310 g/mol. The third kappa shape index (κ3) is 291. The zero-order valence-corrected chi connectivity index (χ0v) is 69.0. The maximum Gasteiger partial charge on any atom is 0.180 e. The van der Waals surface area contributed by atoms with Crippen molar-refractivity contribution in [3.63, 3.8) is 0 Å². The number of hydrogen-bond donors (Lipinski definition) is 0. The van der Waals surface area contributed by atoms with Crippen molar-refractivity contribution in [2.75, 3.05) is 0 Å². The zero-order chi connectivity index (χ0) is 74.6. The molecule has 0 atom stereocenters. The van der Waals surface area contributed by atoms with E-state index in [9.17, 15) is 0 Å². The summed E-state index contributed by atoms with van der Waals surface area (Å²) < 4.78 is 9.06. The summed E-state index contributed by atoms with van der Waals surface area (Å²) >= 11 is 3.31. The van der Waals surface area contributed by atoms with Crippen LogP contribution in [0.5, 0.6) is 0 Å². The van der Waals surface area contributed by atoms with Gasteiger partial charge >= 0.3 is 0 Å². The largest absolute Gasteiger partial charge is 0.473 e. The molecule has 0 radical (unpaired) electrons. The molecule has 0 aliphatic rings. The summed E-state index contributed by atoms with van der Waals surface area (Å²) in [4.78, 5) is 18.4. The average Bonchev–Trinajstić information content (AvgIpc) is 4.61. The van der Waals surface area contributed by atoms with Gasteiger partial charge in [0.2, 0.25) is 0 Å². The molecular weight excluding hydrogens is 1160 g/mol. The number of thiazole rings is 1. The fraction of sp³-hybridized carbons (Fsp3) is 0.588. The van der Waals surface area contributed by atoms with Crippen LogP contribution in [-0.4, -0.2) is 35.1 Å². The Bertz CT molecular complexity index is 1480. The van der Waals surface area contributed by atoms with E-state index in [0.29, 0.717) is 5.92 Å². The topological polar surface area (TPSA) is 117 Å². The van der Waals surface area contributed by atoms with E-state index < -0.39 is 0 Å². The quantitative estimate of drug-likeness (QED) is 0.158. The Morgan fingerprint density at radius 3 is 0.692 bits per heavy atom. The number of aromatic nitrogens is 7. The minimum absolute atomic E-state index is 0.659. The number of benzene rings is 1. The highest BCUT2D eigenvalue weighted by Crippen LogP contribution is 2.11. The Kier molecular flexibility index (Phi) is 191. The normalized spacial score (nSPS) is 7.64. The molecule has 0 saturated heterocycles. The first kappa shape index (κ1) is 123. The highest BCUT2D eigenvalue weighted by Gasteiger charge is 1.93. The van der Waals surface area contributed by atoms with E-state index in [4.69, 9.17) is 0 Å². The summed E-state index contributed by atoms with van der Waals surface area (Å²) in [6.45, 7) is 81.9. The van der Waals surface area contributed by atoms with E-state index >= 15 is 0 Å². The maximum absolute atomic E-state index is 4.58. The molecule has 0 spiro atoms. The molecule has 0 bridgehead atoms. The summed E-state index contributed by atoms with van der Waals surface area (Å²) in [7, 11) is 0. The molecule has 0 fully saturated rings. The van der Waals surface area contributed by atoms with Crippen molar-refractivity contribution in [2.24, 2.45) is 41.4 Å². The second kappa shape index (κ2) is 142. The van der Waals surface area contributed by atoms with Gasteiger partial charge < -0.3 is 8.83 Å². The second-order valence-electron chi connectivity index (χ2n) is 20.5. The van der Waals surface area contributed by atoms with Crippen molar-refractivity contribution in [2.45, 2.75) is 276 Å². The Hall–Kier alpha value is -5.65. The highest BCUT2D eigenvalue weighted by molar-refractivity contribution is 7.07. The summed E-state index contributed by atoms with van der Waals surface area (Å²) in [5, 5.41) is 13.1. The van der Waals surface area contributed by atoms with Gasteiger partial charge in [0.25, 0.3) is 0 Å². The molecule has 8 rings (SSSR count). The van der Waals surface area contributed by atoms with E-state index in [1.54, 1.807) is 96.4 Å². The van der Waals surface area contributed by atoms with E-state index in [1.807, 2.05) is 188 Å². The van der Waals surface area contributed by atoms with Gasteiger partial charge in [-0.1, -0.05) is 319 Å². The fourth-order valence-corrected chi connectivity index (χ4v) is 3.27. The van der Waals surface area contributed by atoms with E-state index in [1.165, 1.54) is 24.5 Å². The first-order valence-electron chi connectivity index (χ1n) is 34.3. The molecule has 7 aromatic heterocycles. The predicted octanol–water partition coefficient (Wildman–Crippen LogP) is 29.5. The monoisotopic (exact) mass is 1310 g/mol. The molecule has 11 heteroatoms. The third-order valence-corrected chi connectivity index (χ3v) is 5.69. The second-order valence-corrected chi connectivity index (χ2v) is 22.0. The van der Waals surface area contributed by atoms with E-state index in [2.05, 4.69) is 227 Å². The molecule has 0 aliphatic heterocycles. The van der Waals surface area contributed by atoms with Gasteiger partial charge in [-0.05, 0) is 106 Å². The van der Waals surface area contributed by atoms with Crippen molar-refractivity contribution in [1.29, 1.82) is 0 Å². The lowest BCUT2D eigenvalue weighted by atomic mass is 10.0. The molecule has 7 heterocycles. The minimum Gasteiger partial charge on any atom is -0.473 e. The molecular formula is C80H157N7O2S2. The van der Waals surface area contributed by atoms with Crippen molar-refractivity contribution in [3.05, 3.63) is 199 Å². The number of nitrogens with zero attached hydrogens (tertiary/aromatic N) is 7. The van der Waals surface area contributed by atoms with E-state index in [-0.39, 0.29) is 0 Å². The van der Waals surface area contributed by atoms with Gasteiger partial charge in [0.05, 0.1) is 24.2 Å². The lowest BCUT2D eigenvalue weighted by Crippen LogP contribution is -1.83. The molecule has 0 aliphatic carbocycles. The summed E-state index contributed by atoms with van der Waals surface area (Å²) in [5.74, 6) is 6.49. The van der Waals surface area contributed by atoms with Crippen LogP contribution in [0, 0.1) is 41.4 Å². The summed E-state index contributed by atoms with van der Waals surface area (Å²) in [6, 6.07) is 29.4. The van der Waals surface area contributed by atoms with Crippen LogP contribution < -0.4 is 0 Å². The Balaban J connectivity index is -0.0000000518. The first-order valence-corrected chi connectivity index (χ1v) is 36.2. The van der Waals surface area contributed by atoms with Crippen LogP contribution in [0.15, 0.2) is 203 Å². The van der Waals surface area contributed by atoms with Crippen LogP contribution in [0.4, 0.5) is 0 Å². The van der Waals surface area contributed by atoms with Crippen LogP contribution in [0.25, 0.3) is 0 Å². The number of hydrogen-bond acceptors (Lipinski definition) is 11. The molecule has 91 heavy (non-hydrogen) atoms. The van der Waals surface area contributed by atoms with Gasteiger partial charge in [-0.3, -0.25) is 9.97 Å². The number of pyridine rings is 1. The SMILES string of the molecule is CC.CC.CC.CC.CC.CC.CC.CC.CC(C)C.CC(C)C.CC(C)C.CC(C)C.CC(C)C.CC(C)C.CC(C)C.CC(C)c1ccccc1.c1ccncc1.c1ccnnc1.c1ccoc1.c1ccsc1.c1cncnc1.c1cocn1.c1cscn1. The summed E-state index contributed by atoms with van der Waals surface area (Å²) in [5.41, 5.74) is 3.21. The Morgan fingerprint density at radius 1 is 0.264 bits per heavy atom. The lowest BCUT2D eigenvalue weighted by Gasteiger charge is -2.01. The van der Waals surface area contributed by atoms with Gasteiger partial charge in [-0.2, -0.15) is 21.5 Å². The maximum atomic E-state index is 4.58.